The van der Waals surface area contributed by atoms with E-state index >= 15 is 0 Å². The topological polar surface area (TPSA) is 46.6 Å². The van der Waals surface area contributed by atoms with Gasteiger partial charge in [0.05, 0.1) is 17.7 Å². The molecule has 3 rings (SSSR count). The van der Waals surface area contributed by atoms with Crippen LogP contribution in [0.2, 0.25) is 0 Å². The molecule has 1 aliphatic heterocycles. The molecule has 0 radical (unpaired) electrons. The van der Waals surface area contributed by atoms with Gasteiger partial charge in [0.1, 0.15) is 5.75 Å². The van der Waals surface area contributed by atoms with Crippen LogP contribution in [0, 0.1) is 6.92 Å². The first-order valence-corrected chi connectivity index (χ1v) is 7.89. The van der Waals surface area contributed by atoms with Crippen LogP contribution in [0.3, 0.4) is 0 Å². The first-order valence-electron chi connectivity index (χ1n) is 7.08. The van der Waals surface area contributed by atoms with Crippen molar-refractivity contribution < 1.29 is 14.3 Å². The average molecular weight is 325 g/mol. The van der Waals surface area contributed by atoms with Crippen molar-refractivity contribution in [3.05, 3.63) is 64.6 Å². The van der Waals surface area contributed by atoms with Crippen LogP contribution in [0.25, 0.3) is 6.08 Å². The number of ether oxygens (including phenoxy) is 1. The Labute approximate surface area is 138 Å². The van der Waals surface area contributed by atoms with E-state index in [1.165, 1.54) is 4.90 Å². The van der Waals surface area contributed by atoms with Crippen molar-refractivity contribution in [3.8, 4) is 5.75 Å². The molecule has 1 aliphatic rings. The molecule has 0 aromatic heterocycles. The third-order valence-corrected chi connectivity index (χ3v) is 4.44. The minimum absolute atomic E-state index is 0.279. The number of para-hydroxylation sites is 1. The van der Waals surface area contributed by atoms with E-state index in [-0.39, 0.29) is 11.1 Å². The number of carbonyl (C=O) groups excluding carboxylic acids is 2. The summed E-state index contributed by atoms with van der Waals surface area (Å²) in [6.45, 7) is 1.94. The molecule has 0 aliphatic carbocycles. The molecule has 0 spiro atoms. The van der Waals surface area contributed by atoms with Crippen LogP contribution >= 0.6 is 11.8 Å². The summed E-state index contributed by atoms with van der Waals surface area (Å²) >= 11 is 0.957. The van der Waals surface area contributed by atoms with Crippen LogP contribution in [0.4, 0.5) is 10.5 Å². The van der Waals surface area contributed by atoms with E-state index in [2.05, 4.69) is 0 Å². The van der Waals surface area contributed by atoms with Gasteiger partial charge in [0.15, 0.2) is 0 Å². The molecule has 4 nitrogen and oxygen atoms in total. The van der Waals surface area contributed by atoms with Crippen molar-refractivity contribution in [1.29, 1.82) is 0 Å². The van der Waals surface area contributed by atoms with Crippen molar-refractivity contribution in [3.63, 3.8) is 0 Å². The zero-order chi connectivity index (χ0) is 16.4. The Morgan fingerprint density at radius 1 is 1.09 bits per heavy atom. The lowest BCUT2D eigenvalue weighted by Gasteiger charge is -2.11. The molecule has 0 unspecified atom stereocenters. The highest BCUT2D eigenvalue weighted by molar-refractivity contribution is 8.19. The lowest BCUT2D eigenvalue weighted by molar-refractivity contribution is -0.113. The standard InChI is InChI=1S/C18H15NO3S/c1-12-10-15(22-2)9-8-13(12)11-16-17(20)19(18(21)23-16)14-6-4-3-5-7-14/h3-11H,1-2H3/b16-11-. The van der Waals surface area contributed by atoms with Gasteiger partial charge in [0, 0.05) is 0 Å². The van der Waals surface area contributed by atoms with E-state index in [1.54, 1.807) is 37.5 Å². The quantitative estimate of drug-likeness (QED) is 0.792. The minimum atomic E-state index is -0.290. The Bertz CT molecular complexity index is 799. The maximum absolute atomic E-state index is 12.5. The Kier molecular flexibility index (Phi) is 4.21. The molecule has 2 amide bonds. The van der Waals surface area contributed by atoms with Gasteiger partial charge < -0.3 is 4.74 Å². The zero-order valence-electron chi connectivity index (χ0n) is 12.8. The molecule has 1 saturated heterocycles. The van der Waals surface area contributed by atoms with Crippen LogP contribution in [0.5, 0.6) is 5.75 Å². The number of anilines is 1. The Hall–Kier alpha value is -2.53. The van der Waals surface area contributed by atoms with Crippen molar-refractivity contribution in [2.75, 3.05) is 12.0 Å². The molecule has 116 valence electrons. The maximum atomic E-state index is 12.5. The van der Waals surface area contributed by atoms with Gasteiger partial charge in [-0.15, -0.1) is 0 Å². The molecule has 0 bridgehead atoms. The highest BCUT2D eigenvalue weighted by Crippen LogP contribution is 2.36. The maximum Gasteiger partial charge on any atom is 0.298 e. The van der Waals surface area contributed by atoms with E-state index in [1.807, 2.05) is 31.2 Å². The Morgan fingerprint density at radius 2 is 1.83 bits per heavy atom. The number of benzene rings is 2. The number of hydrogen-bond acceptors (Lipinski definition) is 4. The summed E-state index contributed by atoms with van der Waals surface area (Å²) in [5, 5.41) is -0.279. The van der Waals surface area contributed by atoms with E-state index < -0.39 is 0 Å². The highest BCUT2D eigenvalue weighted by atomic mass is 32.2. The van der Waals surface area contributed by atoms with E-state index in [4.69, 9.17) is 4.74 Å². The van der Waals surface area contributed by atoms with Gasteiger partial charge in [-0.1, -0.05) is 24.3 Å². The molecule has 0 N–H and O–H groups in total. The van der Waals surface area contributed by atoms with Gasteiger partial charge in [-0.05, 0) is 60.2 Å². The highest BCUT2D eigenvalue weighted by Gasteiger charge is 2.36. The lowest BCUT2D eigenvalue weighted by atomic mass is 10.1. The molecule has 0 saturated carbocycles. The van der Waals surface area contributed by atoms with E-state index in [0.717, 1.165) is 28.6 Å². The Morgan fingerprint density at radius 3 is 2.48 bits per heavy atom. The summed E-state index contributed by atoms with van der Waals surface area (Å²) in [5.74, 6) is 0.471. The summed E-state index contributed by atoms with van der Waals surface area (Å²) in [4.78, 5) is 26.4. The van der Waals surface area contributed by atoms with Crippen LogP contribution < -0.4 is 9.64 Å². The molecule has 0 atom stereocenters. The number of amides is 2. The first-order chi connectivity index (χ1) is 11.1. The van der Waals surface area contributed by atoms with Crippen LogP contribution in [0.15, 0.2) is 53.4 Å². The van der Waals surface area contributed by atoms with Crippen molar-refractivity contribution in [2.45, 2.75) is 6.92 Å². The van der Waals surface area contributed by atoms with E-state index in [0.29, 0.717) is 10.6 Å². The monoisotopic (exact) mass is 325 g/mol. The third-order valence-electron chi connectivity index (χ3n) is 3.57. The largest absolute Gasteiger partial charge is 0.497 e. The molecule has 1 heterocycles. The Balaban J connectivity index is 1.93. The normalized spacial score (nSPS) is 16.3. The molecular weight excluding hydrogens is 310 g/mol. The second kappa shape index (κ2) is 6.30. The van der Waals surface area contributed by atoms with Gasteiger partial charge in [-0.2, -0.15) is 0 Å². The number of aryl methyl sites for hydroxylation is 1. The molecular formula is C18H15NO3S. The summed E-state index contributed by atoms with van der Waals surface area (Å²) in [6.07, 6.45) is 1.75. The van der Waals surface area contributed by atoms with Gasteiger partial charge >= 0.3 is 0 Å². The van der Waals surface area contributed by atoms with Gasteiger partial charge in [-0.3, -0.25) is 9.59 Å². The number of carbonyl (C=O) groups is 2. The summed E-state index contributed by atoms with van der Waals surface area (Å²) in [5.41, 5.74) is 2.46. The van der Waals surface area contributed by atoms with Crippen LogP contribution in [-0.2, 0) is 4.79 Å². The van der Waals surface area contributed by atoms with Crippen molar-refractivity contribution in [2.24, 2.45) is 0 Å². The summed E-state index contributed by atoms with van der Waals surface area (Å²) < 4.78 is 5.18. The van der Waals surface area contributed by atoms with Crippen molar-refractivity contribution in [1.82, 2.24) is 0 Å². The number of imide groups is 1. The van der Waals surface area contributed by atoms with Gasteiger partial charge in [0.25, 0.3) is 11.1 Å². The number of thioether (sulfide) groups is 1. The predicted molar refractivity (Wildman–Crippen MR) is 92.6 cm³/mol. The number of methoxy groups -OCH3 is 1. The summed E-state index contributed by atoms with van der Waals surface area (Å²) in [6, 6.07) is 14.6. The van der Waals surface area contributed by atoms with Gasteiger partial charge in [-0.25, -0.2) is 4.90 Å². The van der Waals surface area contributed by atoms with Crippen LogP contribution in [-0.4, -0.2) is 18.3 Å². The molecule has 2 aromatic carbocycles. The first kappa shape index (κ1) is 15.4. The number of hydrogen-bond donors (Lipinski definition) is 0. The molecule has 5 heteroatoms. The fourth-order valence-electron chi connectivity index (χ4n) is 2.35. The molecule has 23 heavy (non-hydrogen) atoms. The SMILES string of the molecule is COc1ccc(/C=C2\SC(=O)N(c3ccccc3)C2=O)c(C)c1. The van der Waals surface area contributed by atoms with E-state index in [9.17, 15) is 9.59 Å². The molecule has 2 aromatic rings. The second-order valence-electron chi connectivity index (χ2n) is 5.08. The van der Waals surface area contributed by atoms with Crippen molar-refractivity contribution >= 4 is 34.7 Å². The van der Waals surface area contributed by atoms with Gasteiger partial charge in [0.2, 0.25) is 0 Å². The summed E-state index contributed by atoms with van der Waals surface area (Å²) in [7, 11) is 1.61. The number of nitrogens with zero attached hydrogens (tertiary/aromatic N) is 1. The lowest BCUT2D eigenvalue weighted by Crippen LogP contribution is -2.27. The predicted octanol–water partition coefficient (Wildman–Crippen LogP) is 4.24. The zero-order valence-corrected chi connectivity index (χ0v) is 13.6. The second-order valence-corrected chi connectivity index (χ2v) is 6.07. The minimum Gasteiger partial charge on any atom is -0.497 e. The van der Waals surface area contributed by atoms with Crippen LogP contribution in [0.1, 0.15) is 11.1 Å². The fraction of sp³-hybridized carbons (Fsp3) is 0.111. The fourth-order valence-corrected chi connectivity index (χ4v) is 3.18. The smallest absolute Gasteiger partial charge is 0.298 e. The third kappa shape index (κ3) is 3.00. The number of rotatable bonds is 3. The molecule has 1 fully saturated rings. The average Bonchev–Trinajstić information content (AvgIpc) is 2.84.